The molecule has 8 heteroatoms. The fraction of sp³-hybridized carbons (Fsp3) is 0.188. The molecule has 2 N–H and O–H groups in total. The van der Waals surface area contributed by atoms with Gasteiger partial charge >= 0.3 is 6.09 Å². The summed E-state index contributed by atoms with van der Waals surface area (Å²) in [5.41, 5.74) is 0.991. The third-order valence-corrected chi connectivity index (χ3v) is 3.39. The molecule has 0 radical (unpaired) electrons. The van der Waals surface area contributed by atoms with Gasteiger partial charge in [-0.2, -0.15) is 0 Å². The number of nitrogens with one attached hydrogen (secondary N) is 1. The maximum atomic E-state index is 11.7. The molecular weight excluding hydrogens is 334 g/mol. The second-order valence-electron chi connectivity index (χ2n) is 4.78. The second kappa shape index (κ2) is 8.16. The van der Waals surface area contributed by atoms with Crippen LogP contribution in [0.3, 0.4) is 0 Å². The van der Waals surface area contributed by atoms with Gasteiger partial charge in [0.1, 0.15) is 11.6 Å². The van der Waals surface area contributed by atoms with Crippen molar-refractivity contribution in [1.29, 1.82) is 0 Å². The first-order valence-electron chi connectivity index (χ1n) is 6.99. The van der Waals surface area contributed by atoms with Gasteiger partial charge in [-0.15, -0.1) is 11.6 Å². The molecule has 0 spiro atoms. The SMILES string of the molecule is COc1cnc(N(Cc2ccccc2)C(=O)O)c(NC(=O)CCl)c1. The van der Waals surface area contributed by atoms with Crippen LogP contribution in [0.1, 0.15) is 5.56 Å². The molecule has 0 fully saturated rings. The molecule has 2 aromatic rings. The first-order valence-corrected chi connectivity index (χ1v) is 7.53. The number of anilines is 2. The number of halogens is 1. The van der Waals surface area contributed by atoms with Crippen molar-refractivity contribution in [3.63, 3.8) is 0 Å². The lowest BCUT2D eigenvalue weighted by molar-refractivity contribution is -0.113. The highest BCUT2D eigenvalue weighted by Gasteiger charge is 2.21. The third kappa shape index (κ3) is 4.36. The Balaban J connectivity index is 2.41. The number of nitrogens with zero attached hydrogens (tertiary/aromatic N) is 2. The fourth-order valence-corrected chi connectivity index (χ4v) is 2.11. The number of hydrogen-bond donors (Lipinski definition) is 2. The Bertz CT molecular complexity index is 725. The molecule has 0 aliphatic heterocycles. The highest BCUT2D eigenvalue weighted by atomic mass is 35.5. The van der Waals surface area contributed by atoms with E-state index < -0.39 is 12.0 Å². The minimum atomic E-state index is -1.20. The van der Waals surface area contributed by atoms with Gasteiger partial charge < -0.3 is 15.2 Å². The molecule has 0 aliphatic rings. The summed E-state index contributed by atoms with van der Waals surface area (Å²) in [4.78, 5) is 28.4. The lowest BCUT2D eigenvalue weighted by Crippen LogP contribution is -2.30. The second-order valence-corrected chi connectivity index (χ2v) is 5.05. The number of hydrogen-bond acceptors (Lipinski definition) is 4. The molecule has 1 aromatic heterocycles. The summed E-state index contributed by atoms with van der Waals surface area (Å²) in [6.07, 6.45) is 0.185. The van der Waals surface area contributed by atoms with E-state index >= 15 is 0 Å². The van der Waals surface area contributed by atoms with Crippen molar-refractivity contribution in [3.8, 4) is 5.75 Å². The molecule has 1 heterocycles. The molecule has 2 amide bonds. The Morgan fingerprint density at radius 3 is 2.62 bits per heavy atom. The molecule has 0 saturated heterocycles. The number of amides is 2. The van der Waals surface area contributed by atoms with E-state index in [9.17, 15) is 14.7 Å². The number of carbonyl (C=O) groups is 2. The Labute approximate surface area is 143 Å². The highest BCUT2D eigenvalue weighted by molar-refractivity contribution is 6.29. The lowest BCUT2D eigenvalue weighted by atomic mass is 10.2. The molecule has 1 aromatic carbocycles. The van der Waals surface area contributed by atoms with Crippen molar-refractivity contribution in [1.82, 2.24) is 4.98 Å². The Kier molecular flexibility index (Phi) is 5.97. The van der Waals surface area contributed by atoms with Crippen LogP contribution in [0.2, 0.25) is 0 Å². The number of alkyl halides is 1. The summed E-state index contributed by atoms with van der Waals surface area (Å²) >= 11 is 5.51. The van der Waals surface area contributed by atoms with Gasteiger partial charge in [0, 0.05) is 6.07 Å². The molecule has 0 saturated carbocycles. The maximum absolute atomic E-state index is 11.7. The van der Waals surface area contributed by atoms with Gasteiger partial charge in [-0.25, -0.2) is 9.78 Å². The Hall–Kier alpha value is -2.80. The number of benzene rings is 1. The number of methoxy groups -OCH3 is 1. The van der Waals surface area contributed by atoms with E-state index in [4.69, 9.17) is 16.3 Å². The van der Waals surface area contributed by atoms with Gasteiger partial charge in [-0.05, 0) is 5.56 Å². The van der Waals surface area contributed by atoms with Crippen molar-refractivity contribution in [2.24, 2.45) is 0 Å². The summed E-state index contributed by atoms with van der Waals surface area (Å²) < 4.78 is 5.07. The molecule has 126 valence electrons. The average molecular weight is 350 g/mol. The zero-order chi connectivity index (χ0) is 17.5. The first-order chi connectivity index (χ1) is 11.5. The smallest absolute Gasteiger partial charge is 0.413 e. The minimum Gasteiger partial charge on any atom is -0.495 e. The molecule has 7 nitrogen and oxygen atoms in total. The van der Waals surface area contributed by atoms with Crippen molar-refractivity contribution < 1.29 is 19.4 Å². The standard InChI is InChI=1S/C16H16ClN3O4/c1-24-12-7-13(19-14(21)8-17)15(18-9-12)20(16(22)23)10-11-5-3-2-4-6-11/h2-7,9H,8,10H2,1H3,(H,19,21)(H,22,23). The van der Waals surface area contributed by atoms with Crippen molar-refractivity contribution in [2.45, 2.75) is 6.54 Å². The van der Waals surface area contributed by atoms with E-state index in [1.54, 1.807) is 12.1 Å². The summed E-state index contributed by atoms with van der Waals surface area (Å²) in [6, 6.07) is 10.6. The number of ether oxygens (including phenoxy) is 1. The van der Waals surface area contributed by atoms with E-state index in [1.807, 2.05) is 18.2 Å². The largest absolute Gasteiger partial charge is 0.495 e. The van der Waals surface area contributed by atoms with E-state index in [-0.39, 0.29) is 23.9 Å². The first kappa shape index (κ1) is 17.6. The zero-order valence-electron chi connectivity index (χ0n) is 12.9. The van der Waals surface area contributed by atoms with Gasteiger partial charge in [-0.1, -0.05) is 30.3 Å². The van der Waals surface area contributed by atoms with Crippen LogP contribution in [0.25, 0.3) is 0 Å². The molecule has 0 atom stereocenters. The van der Waals surface area contributed by atoms with Crippen LogP contribution in [-0.4, -0.2) is 35.1 Å². The van der Waals surface area contributed by atoms with Gasteiger partial charge in [0.25, 0.3) is 0 Å². The van der Waals surface area contributed by atoms with Crippen LogP contribution in [0.4, 0.5) is 16.3 Å². The topological polar surface area (TPSA) is 91.8 Å². The molecule has 0 bridgehead atoms. The minimum absolute atomic E-state index is 0.0826. The summed E-state index contributed by atoms with van der Waals surface area (Å²) in [7, 11) is 1.45. The summed E-state index contributed by atoms with van der Waals surface area (Å²) in [5, 5.41) is 12.1. The van der Waals surface area contributed by atoms with Crippen LogP contribution in [0.5, 0.6) is 5.75 Å². The van der Waals surface area contributed by atoms with Gasteiger partial charge in [0.2, 0.25) is 5.91 Å². The van der Waals surface area contributed by atoms with Crippen molar-refractivity contribution in [2.75, 3.05) is 23.2 Å². The van der Waals surface area contributed by atoms with E-state index in [2.05, 4.69) is 10.3 Å². The third-order valence-electron chi connectivity index (χ3n) is 3.14. The van der Waals surface area contributed by atoms with Crippen LogP contribution < -0.4 is 15.0 Å². The predicted molar refractivity (Wildman–Crippen MR) is 90.8 cm³/mol. The number of carbonyl (C=O) groups excluding carboxylic acids is 1. The van der Waals surface area contributed by atoms with Crippen LogP contribution in [0.15, 0.2) is 42.6 Å². The monoisotopic (exact) mass is 349 g/mol. The normalized spacial score (nSPS) is 10.1. The predicted octanol–water partition coefficient (Wildman–Crippen LogP) is 2.95. The Morgan fingerprint density at radius 2 is 2.04 bits per heavy atom. The number of rotatable bonds is 6. The molecule has 2 rings (SSSR count). The molecular formula is C16H16ClN3O4. The van der Waals surface area contributed by atoms with E-state index in [0.29, 0.717) is 5.75 Å². The molecule has 24 heavy (non-hydrogen) atoms. The number of pyridine rings is 1. The van der Waals surface area contributed by atoms with Gasteiger partial charge in [-0.3, -0.25) is 9.69 Å². The summed E-state index contributed by atoms with van der Waals surface area (Å²) in [6.45, 7) is 0.0826. The van der Waals surface area contributed by atoms with Crippen molar-refractivity contribution >= 4 is 35.1 Å². The maximum Gasteiger partial charge on any atom is 0.413 e. The van der Waals surface area contributed by atoms with Crippen molar-refractivity contribution in [3.05, 3.63) is 48.2 Å². The van der Waals surface area contributed by atoms with E-state index in [0.717, 1.165) is 10.5 Å². The lowest BCUT2D eigenvalue weighted by Gasteiger charge is -2.21. The number of carboxylic acid groups (broad SMARTS) is 1. The van der Waals surface area contributed by atoms with Gasteiger partial charge in [0.05, 0.1) is 25.5 Å². The van der Waals surface area contributed by atoms with Crippen LogP contribution >= 0.6 is 11.6 Å². The van der Waals surface area contributed by atoms with Crippen LogP contribution in [0, 0.1) is 0 Å². The number of aromatic nitrogens is 1. The quantitative estimate of drug-likeness (QED) is 0.782. The van der Waals surface area contributed by atoms with Gasteiger partial charge in [0.15, 0.2) is 5.82 Å². The van der Waals surface area contributed by atoms with E-state index in [1.165, 1.54) is 19.4 Å². The Morgan fingerprint density at radius 1 is 1.33 bits per heavy atom. The summed E-state index contributed by atoms with van der Waals surface area (Å²) in [5.74, 6) is -0.264. The molecule has 0 aliphatic carbocycles. The highest BCUT2D eigenvalue weighted by Crippen LogP contribution is 2.29. The van der Waals surface area contributed by atoms with Crippen LogP contribution in [-0.2, 0) is 11.3 Å². The average Bonchev–Trinajstić information content (AvgIpc) is 2.60. The fourth-order valence-electron chi connectivity index (χ4n) is 2.04. The molecule has 0 unspecified atom stereocenters. The zero-order valence-corrected chi connectivity index (χ0v) is 13.7.